The first-order valence-electron chi connectivity index (χ1n) is 24.0. The van der Waals surface area contributed by atoms with E-state index in [1.807, 2.05) is 102 Å². The minimum atomic E-state index is -0.131. The highest BCUT2D eigenvalue weighted by Crippen LogP contribution is 2.42. The van der Waals surface area contributed by atoms with Gasteiger partial charge in [-0.3, -0.25) is 0 Å². The fourth-order valence-electron chi connectivity index (χ4n) is 8.86. The maximum absolute atomic E-state index is 9.70. The zero-order valence-electron chi connectivity index (χ0n) is 39.6. The molecule has 0 N–H and O–H groups in total. The molecule has 1 heteroatoms. The van der Waals surface area contributed by atoms with Gasteiger partial charge in [0, 0.05) is 17.1 Å². The molecule has 0 aliphatic carbocycles. The van der Waals surface area contributed by atoms with E-state index in [1.165, 1.54) is 0 Å². The molecule has 0 bridgehead atoms. The summed E-state index contributed by atoms with van der Waals surface area (Å²) in [4.78, 5) is 1.87. The molecule has 306 valence electrons. The van der Waals surface area contributed by atoms with Crippen LogP contribution in [0.15, 0.2) is 273 Å². The van der Waals surface area contributed by atoms with Crippen molar-refractivity contribution in [2.45, 2.75) is 0 Å². The van der Waals surface area contributed by atoms with E-state index < -0.39 is 0 Å². The SMILES string of the molecule is [2H]c1c([2H])c(N(c2ccc(-c3cc(-c4ccccc4)cc(-c4ccccc4)c3)cc2)c2ccc(-c3ccc4ccccc4c3-c3ccccc3)cc2)c([2H])c([2H])c1-c1cccc(-c2ccccc2)c1. The van der Waals surface area contributed by atoms with Crippen LogP contribution in [0.25, 0.3) is 88.7 Å². The van der Waals surface area contributed by atoms with Gasteiger partial charge in [-0.1, -0.05) is 212 Å². The molecule has 11 rings (SSSR count). The molecule has 0 unspecified atom stereocenters. The predicted octanol–water partition coefficient (Wildman–Crippen LogP) is 18.0. The number of fused-ring (bicyclic) bond motifs is 1. The highest BCUT2D eigenvalue weighted by molar-refractivity contribution is 6.04. The summed E-state index contributed by atoms with van der Waals surface area (Å²) in [6, 6.07) is 84.4. The summed E-state index contributed by atoms with van der Waals surface area (Å²) in [5.41, 5.74) is 15.3. The first-order valence-corrected chi connectivity index (χ1v) is 22.0. The van der Waals surface area contributed by atoms with Crippen molar-refractivity contribution in [3.8, 4) is 77.9 Å². The number of benzene rings is 11. The zero-order chi connectivity index (χ0) is 46.8. The zero-order valence-corrected chi connectivity index (χ0v) is 35.6. The molecule has 0 amide bonds. The summed E-state index contributed by atoms with van der Waals surface area (Å²) in [5.74, 6) is 0. The van der Waals surface area contributed by atoms with Gasteiger partial charge in [0.1, 0.15) is 0 Å². The van der Waals surface area contributed by atoms with Gasteiger partial charge in [0.15, 0.2) is 0 Å². The predicted molar refractivity (Wildman–Crippen MR) is 277 cm³/mol. The molecule has 0 spiro atoms. The summed E-state index contributed by atoms with van der Waals surface area (Å²) < 4.78 is 38.5. The third kappa shape index (κ3) is 8.16. The smallest absolute Gasteiger partial charge is 0.0645 e. The van der Waals surface area contributed by atoms with Crippen molar-refractivity contribution in [1.82, 2.24) is 0 Å². The van der Waals surface area contributed by atoms with Crippen LogP contribution in [0.1, 0.15) is 5.48 Å². The average molecular weight is 832 g/mol. The van der Waals surface area contributed by atoms with Gasteiger partial charge in [0.2, 0.25) is 0 Å². The Morgan fingerprint density at radius 1 is 0.246 bits per heavy atom. The number of rotatable bonds is 10. The van der Waals surface area contributed by atoms with Crippen molar-refractivity contribution in [1.29, 1.82) is 0 Å². The summed E-state index contributed by atoms with van der Waals surface area (Å²) in [6.45, 7) is 0. The fourth-order valence-corrected chi connectivity index (χ4v) is 8.86. The van der Waals surface area contributed by atoms with Gasteiger partial charge in [0.05, 0.1) is 5.48 Å². The Morgan fingerprint density at radius 3 is 1.18 bits per heavy atom. The van der Waals surface area contributed by atoms with Gasteiger partial charge in [-0.25, -0.2) is 0 Å². The second-order valence-corrected chi connectivity index (χ2v) is 16.2. The third-order valence-electron chi connectivity index (χ3n) is 12.1. The average Bonchev–Trinajstić information content (AvgIpc) is 3.42. The number of nitrogens with zero attached hydrogens (tertiary/aromatic N) is 1. The van der Waals surface area contributed by atoms with Crippen LogP contribution < -0.4 is 4.90 Å². The Morgan fingerprint density at radius 2 is 0.646 bits per heavy atom. The van der Waals surface area contributed by atoms with Crippen molar-refractivity contribution in [3.63, 3.8) is 0 Å². The van der Waals surface area contributed by atoms with Crippen molar-refractivity contribution in [3.05, 3.63) is 273 Å². The number of anilines is 3. The maximum Gasteiger partial charge on any atom is 0.0645 e. The van der Waals surface area contributed by atoms with E-state index in [9.17, 15) is 5.48 Å². The summed E-state index contributed by atoms with van der Waals surface area (Å²) in [7, 11) is 0. The molecule has 11 aromatic carbocycles. The van der Waals surface area contributed by atoms with E-state index in [-0.39, 0.29) is 35.4 Å². The fraction of sp³-hybridized carbons (Fsp3) is 0. The monoisotopic (exact) mass is 831 g/mol. The Kier molecular flexibility index (Phi) is 9.52. The van der Waals surface area contributed by atoms with E-state index in [4.69, 9.17) is 0 Å². The standard InChI is InChI=1S/C64H45N/c1-5-16-46(17-6-1)54-25-15-26-55(42-54)49-28-35-59(36-29-49)65(61-39-32-52(33-40-61)63-41-34-51-22-13-14-27-62(51)64(63)53-23-11-4-12-24-53)60-37-30-50(31-38-60)58-44-56(47-18-7-2-8-19-47)43-57(45-58)48-20-9-3-10-21-48/h1-45H/i28D,29D,35D,36D. The van der Waals surface area contributed by atoms with Crippen molar-refractivity contribution >= 4 is 27.8 Å². The number of hydrogen-bond donors (Lipinski definition) is 0. The van der Waals surface area contributed by atoms with Gasteiger partial charge in [-0.15, -0.1) is 0 Å². The van der Waals surface area contributed by atoms with Gasteiger partial charge in [-0.05, 0) is 149 Å². The molecular formula is C64H45N. The molecule has 0 atom stereocenters. The van der Waals surface area contributed by atoms with E-state index in [0.29, 0.717) is 16.9 Å². The molecule has 0 heterocycles. The molecule has 1 nitrogen and oxygen atoms in total. The highest BCUT2D eigenvalue weighted by atomic mass is 15.1. The summed E-state index contributed by atoms with van der Waals surface area (Å²) >= 11 is 0. The molecule has 0 radical (unpaired) electrons. The van der Waals surface area contributed by atoms with E-state index in [0.717, 1.165) is 77.5 Å². The van der Waals surface area contributed by atoms with Crippen LogP contribution in [0.4, 0.5) is 17.1 Å². The van der Waals surface area contributed by atoms with Crippen molar-refractivity contribution in [2.24, 2.45) is 0 Å². The Labute approximate surface area is 387 Å². The first-order chi connectivity index (χ1) is 33.9. The minimum Gasteiger partial charge on any atom is -0.311 e. The van der Waals surface area contributed by atoms with Crippen LogP contribution in [0.3, 0.4) is 0 Å². The second kappa shape index (κ2) is 17.7. The summed E-state index contributed by atoms with van der Waals surface area (Å²) in [5, 5.41) is 2.32. The lowest BCUT2D eigenvalue weighted by atomic mass is 9.90. The minimum absolute atomic E-state index is 0.107. The molecule has 0 saturated carbocycles. The lowest BCUT2D eigenvalue weighted by molar-refractivity contribution is 1.28. The molecule has 0 aromatic heterocycles. The van der Waals surface area contributed by atoms with E-state index >= 15 is 0 Å². The van der Waals surface area contributed by atoms with Crippen molar-refractivity contribution in [2.75, 3.05) is 4.90 Å². The topological polar surface area (TPSA) is 3.24 Å². The quantitative estimate of drug-likeness (QED) is 0.133. The van der Waals surface area contributed by atoms with Crippen LogP contribution in [0, 0.1) is 0 Å². The normalized spacial score (nSPS) is 11.9. The van der Waals surface area contributed by atoms with Gasteiger partial charge in [-0.2, -0.15) is 0 Å². The molecule has 11 aromatic rings. The Hall–Kier alpha value is -8.52. The van der Waals surface area contributed by atoms with Crippen LogP contribution in [0.5, 0.6) is 0 Å². The molecule has 0 fully saturated rings. The van der Waals surface area contributed by atoms with Gasteiger partial charge < -0.3 is 4.90 Å². The van der Waals surface area contributed by atoms with E-state index in [1.54, 1.807) is 0 Å². The van der Waals surface area contributed by atoms with Crippen molar-refractivity contribution < 1.29 is 5.48 Å². The lowest BCUT2D eigenvalue weighted by Gasteiger charge is -2.26. The second-order valence-electron chi connectivity index (χ2n) is 16.2. The van der Waals surface area contributed by atoms with E-state index in [2.05, 4.69) is 152 Å². The van der Waals surface area contributed by atoms with Crippen LogP contribution in [0.2, 0.25) is 0 Å². The molecule has 65 heavy (non-hydrogen) atoms. The highest BCUT2D eigenvalue weighted by Gasteiger charge is 2.17. The number of hydrogen-bond acceptors (Lipinski definition) is 1. The lowest BCUT2D eigenvalue weighted by Crippen LogP contribution is -2.09. The maximum atomic E-state index is 9.70. The molecule has 0 aliphatic rings. The molecule has 0 aliphatic heterocycles. The first kappa shape index (κ1) is 35.0. The van der Waals surface area contributed by atoms with Crippen LogP contribution in [-0.4, -0.2) is 0 Å². The Bertz CT molecular complexity index is 3530. The largest absolute Gasteiger partial charge is 0.311 e. The molecule has 0 saturated heterocycles. The molecular weight excluding hydrogens is 783 g/mol. The third-order valence-corrected chi connectivity index (χ3v) is 12.1. The van der Waals surface area contributed by atoms with Crippen LogP contribution >= 0.6 is 0 Å². The van der Waals surface area contributed by atoms with Gasteiger partial charge >= 0.3 is 0 Å². The summed E-state index contributed by atoms with van der Waals surface area (Å²) in [6.07, 6.45) is 0. The van der Waals surface area contributed by atoms with Gasteiger partial charge in [0.25, 0.3) is 0 Å². The van der Waals surface area contributed by atoms with Crippen LogP contribution in [-0.2, 0) is 0 Å². The Balaban J connectivity index is 1.05.